The molecule has 5 nitrogen and oxygen atoms in total. The summed E-state index contributed by atoms with van der Waals surface area (Å²) in [6.07, 6.45) is 6.69. The molecule has 0 N–H and O–H groups in total. The molecule has 128 valence electrons. The highest BCUT2D eigenvalue weighted by atomic mass is 16.6. The molecule has 1 aromatic rings. The van der Waals surface area contributed by atoms with Crippen LogP contribution in [0.25, 0.3) is 0 Å². The molecule has 0 bridgehead atoms. The Morgan fingerprint density at radius 1 is 1.22 bits per heavy atom. The fourth-order valence-corrected chi connectivity index (χ4v) is 3.45. The van der Waals surface area contributed by atoms with Gasteiger partial charge in [-0.15, -0.1) is 0 Å². The standard InChI is InChI=1S/C18H29N3O2/c1-13-12-15(19-21(13)14-8-7-9-14)16-10-5-6-11-20(16)17(22)23-18(2,3)4/h12,14,16H,5-11H2,1-4H3. The van der Waals surface area contributed by atoms with E-state index in [9.17, 15) is 4.79 Å². The maximum Gasteiger partial charge on any atom is 0.410 e. The second kappa shape index (κ2) is 6.17. The number of hydrogen-bond acceptors (Lipinski definition) is 3. The zero-order valence-electron chi connectivity index (χ0n) is 14.8. The number of piperidine rings is 1. The van der Waals surface area contributed by atoms with Crippen molar-refractivity contribution in [3.8, 4) is 0 Å². The molecule has 1 saturated heterocycles. The van der Waals surface area contributed by atoms with Crippen molar-refractivity contribution in [1.29, 1.82) is 0 Å². The molecule has 1 saturated carbocycles. The largest absolute Gasteiger partial charge is 0.444 e. The monoisotopic (exact) mass is 319 g/mol. The maximum absolute atomic E-state index is 12.6. The number of ether oxygens (including phenoxy) is 1. The van der Waals surface area contributed by atoms with Crippen LogP contribution >= 0.6 is 0 Å². The van der Waals surface area contributed by atoms with E-state index in [-0.39, 0.29) is 12.1 Å². The number of hydrogen-bond donors (Lipinski definition) is 0. The Balaban J connectivity index is 1.79. The second-order valence-corrected chi connectivity index (χ2v) is 7.93. The molecular weight excluding hydrogens is 290 g/mol. The van der Waals surface area contributed by atoms with Gasteiger partial charge in [0.15, 0.2) is 0 Å². The average molecular weight is 319 g/mol. The number of amides is 1. The molecule has 1 atom stereocenters. The van der Waals surface area contributed by atoms with Crippen molar-refractivity contribution in [2.75, 3.05) is 6.54 Å². The predicted molar refractivity (Wildman–Crippen MR) is 89.4 cm³/mol. The van der Waals surface area contributed by atoms with Gasteiger partial charge in [0.05, 0.1) is 17.8 Å². The van der Waals surface area contributed by atoms with Gasteiger partial charge in [-0.3, -0.25) is 9.58 Å². The number of nitrogens with zero attached hydrogens (tertiary/aromatic N) is 3. The van der Waals surface area contributed by atoms with Crippen molar-refractivity contribution in [2.24, 2.45) is 0 Å². The highest BCUT2D eigenvalue weighted by Crippen LogP contribution is 2.36. The highest BCUT2D eigenvalue weighted by molar-refractivity contribution is 5.69. The van der Waals surface area contributed by atoms with Gasteiger partial charge in [0.25, 0.3) is 0 Å². The summed E-state index contributed by atoms with van der Waals surface area (Å²) in [5, 5.41) is 4.85. The SMILES string of the molecule is Cc1cc(C2CCCCN2C(=O)OC(C)(C)C)nn1C1CCC1. The summed E-state index contributed by atoms with van der Waals surface area (Å²) >= 11 is 0. The molecule has 0 spiro atoms. The van der Waals surface area contributed by atoms with E-state index >= 15 is 0 Å². The number of aryl methyl sites for hydroxylation is 1. The summed E-state index contributed by atoms with van der Waals surface area (Å²) in [6.45, 7) is 8.63. The Labute approximate surface area is 139 Å². The van der Waals surface area contributed by atoms with E-state index < -0.39 is 5.60 Å². The van der Waals surface area contributed by atoms with Gasteiger partial charge in [-0.2, -0.15) is 5.10 Å². The Bertz CT molecular complexity index is 569. The Morgan fingerprint density at radius 3 is 2.57 bits per heavy atom. The summed E-state index contributed by atoms with van der Waals surface area (Å²) in [5.74, 6) is 0. The second-order valence-electron chi connectivity index (χ2n) is 7.93. The first-order valence-corrected chi connectivity index (χ1v) is 8.91. The van der Waals surface area contributed by atoms with Crippen LogP contribution in [0.15, 0.2) is 6.07 Å². The zero-order chi connectivity index (χ0) is 16.6. The van der Waals surface area contributed by atoms with Crippen molar-refractivity contribution in [3.63, 3.8) is 0 Å². The quantitative estimate of drug-likeness (QED) is 0.813. The van der Waals surface area contributed by atoms with E-state index in [1.807, 2.05) is 25.7 Å². The van der Waals surface area contributed by atoms with Crippen LogP contribution in [-0.2, 0) is 4.74 Å². The molecule has 1 amide bonds. The molecule has 0 radical (unpaired) electrons. The van der Waals surface area contributed by atoms with Crippen LogP contribution < -0.4 is 0 Å². The Kier molecular flexibility index (Phi) is 4.39. The van der Waals surface area contributed by atoms with Gasteiger partial charge in [0, 0.05) is 12.2 Å². The van der Waals surface area contributed by atoms with Crippen LogP contribution in [0, 0.1) is 6.92 Å². The van der Waals surface area contributed by atoms with Crippen molar-refractivity contribution in [3.05, 3.63) is 17.5 Å². The van der Waals surface area contributed by atoms with Crippen LogP contribution in [0.3, 0.4) is 0 Å². The Hall–Kier alpha value is -1.52. The van der Waals surface area contributed by atoms with Gasteiger partial charge in [0.2, 0.25) is 0 Å². The minimum absolute atomic E-state index is 0.0543. The lowest BCUT2D eigenvalue weighted by Gasteiger charge is -2.36. The third kappa shape index (κ3) is 3.54. The summed E-state index contributed by atoms with van der Waals surface area (Å²) in [5.41, 5.74) is 1.78. The molecule has 1 unspecified atom stereocenters. The fourth-order valence-electron chi connectivity index (χ4n) is 3.45. The van der Waals surface area contributed by atoms with Gasteiger partial charge in [-0.05, 0) is 72.3 Å². The first-order valence-electron chi connectivity index (χ1n) is 8.91. The van der Waals surface area contributed by atoms with Crippen LogP contribution in [0.5, 0.6) is 0 Å². The summed E-state index contributed by atoms with van der Waals surface area (Å²) in [7, 11) is 0. The smallest absolute Gasteiger partial charge is 0.410 e. The normalized spacial score (nSPS) is 22.8. The number of carbonyl (C=O) groups is 1. The Morgan fingerprint density at radius 2 is 1.96 bits per heavy atom. The molecule has 1 aliphatic carbocycles. The van der Waals surface area contributed by atoms with Crippen LogP contribution in [0.4, 0.5) is 4.79 Å². The summed E-state index contributed by atoms with van der Waals surface area (Å²) in [4.78, 5) is 14.4. The zero-order valence-corrected chi connectivity index (χ0v) is 14.8. The number of rotatable bonds is 2. The first-order chi connectivity index (χ1) is 10.8. The predicted octanol–water partition coefficient (Wildman–Crippen LogP) is 4.38. The van der Waals surface area contributed by atoms with E-state index in [0.29, 0.717) is 6.04 Å². The molecule has 1 aliphatic heterocycles. The molecule has 1 aromatic heterocycles. The third-order valence-electron chi connectivity index (χ3n) is 4.83. The molecule has 2 heterocycles. The number of likely N-dealkylation sites (tertiary alicyclic amines) is 1. The van der Waals surface area contributed by atoms with Crippen LogP contribution in [-0.4, -0.2) is 32.9 Å². The number of aromatic nitrogens is 2. The van der Waals surface area contributed by atoms with E-state index in [1.165, 1.54) is 25.0 Å². The van der Waals surface area contributed by atoms with Gasteiger partial charge in [-0.25, -0.2) is 4.79 Å². The third-order valence-corrected chi connectivity index (χ3v) is 4.83. The van der Waals surface area contributed by atoms with Gasteiger partial charge < -0.3 is 4.74 Å². The van der Waals surface area contributed by atoms with Gasteiger partial charge in [-0.1, -0.05) is 0 Å². The molecule has 0 aromatic carbocycles. The molecule has 2 aliphatic rings. The van der Waals surface area contributed by atoms with Gasteiger partial charge >= 0.3 is 6.09 Å². The molecule has 3 rings (SSSR count). The molecular formula is C18H29N3O2. The van der Waals surface area contributed by atoms with Crippen molar-refractivity contribution < 1.29 is 9.53 Å². The van der Waals surface area contributed by atoms with E-state index in [0.717, 1.165) is 31.5 Å². The summed E-state index contributed by atoms with van der Waals surface area (Å²) < 4.78 is 7.77. The molecule has 5 heteroatoms. The lowest BCUT2D eigenvalue weighted by Crippen LogP contribution is -2.42. The lowest BCUT2D eigenvalue weighted by atomic mass is 9.93. The van der Waals surface area contributed by atoms with Crippen molar-refractivity contribution in [2.45, 2.75) is 83.9 Å². The lowest BCUT2D eigenvalue weighted by molar-refractivity contribution is 0.00888. The highest BCUT2D eigenvalue weighted by Gasteiger charge is 2.33. The van der Waals surface area contributed by atoms with E-state index in [2.05, 4.69) is 17.7 Å². The maximum atomic E-state index is 12.6. The minimum Gasteiger partial charge on any atom is -0.444 e. The number of carbonyl (C=O) groups excluding carboxylic acids is 1. The van der Waals surface area contributed by atoms with E-state index in [1.54, 1.807) is 0 Å². The fraction of sp³-hybridized carbons (Fsp3) is 0.778. The molecule has 2 fully saturated rings. The van der Waals surface area contributed by atoms with Crippen molar-refractivity contribution >= 4 is 6.09 Å². The topological polar surface area (TPSA) is 47.4 Å². The average Bonchev–Trinajstić information content (AvgIpc) is 2.77. The van der Waals surface area contributed by atoms with Crippen molar-refractivity contribution in [1.82, 2.24) is 14.7 Å². The van der Waals surface area contributed by atoms with Crippen LogP contribution in [0.2, 0.25) is 0 Å². The minimum atomic E-state index is -0.458. The molecule has 23 heavy (non-hydrogen) atoms. The van der Waals surface area contributed by atoms with Crippen LogP contribution in [0.1, 0.15) is 82.8 Å². The van der Waals surface area contributed by atoms with E-state index in [4.69, 9.17) is 9.84 Å². The van der Waals surface area contributed by atoms with Gasteiger partial charge in [0.1, 0.15) is 5.60 Å². The first kappa shape index (κ1) is 16.3. The summed E-state index contributed by atoms with van der Waals surface area (Å²) in [6, 6.07) is 2.77.